The standard InChI is InChI=1S/C15H20N4O4S/c1-4-19-11(7-10(2)18-19)9-17-24(21,22)12-5-6-14(23-3)13(8-12)15(16)20/h5-8,17H,4,9H2,1-3H3,(H2,16,20). The third kappa shape index (κ3) is 3.74. The topological polar surface area (TPSA) is 116 Å². The maximum Gasteiger partial charge on any atom is 0.252 e. The molecule has 3 N–H and O–H groups in total. The van der Waals surface area contributed by atoms with E-state index in [1.165, 1.54) is 25.3 Å². The molecule has 2 rings (SSSR count). The van der Waals surface area contributed by atoms with Gasteiger partial charge in [0.1, 0.15) is 5.75 Å². The number of carbonyl (C=O) groups excluding carboxylic acids is 1. The van der Waals surface area contributed by atoms with Crippen LogP contribution in [-0.4, -0.2) is 31.2 Å². The highest BCUT2D eigenvalue weighted by Gasteiger charge is 2.19. The first kappa shape index (κ1) is 18.0. The summed E-state index contributed by atoms with van der Waals surface area (Å²) in [5, 5.41) is 4.27. The zero-order chi connectivity index (χ0) is 17.9. The third-order valence-electron chi connectivity index (χ3n) is 3.48. The van der Waals surface area contributed by atoms with E-state index in [-0.39, 0.29) is 22.8 Å². The summed E-state index contributed by atoms with van der Waals surface area (Å²) in [7, 11) is -2.43. The lowest BCUT2D eigenvalue weighted by Gasteiger charge is -2.11. The number of hydrogen-bond donors (Lipinski definition) is 2. The van der Waals surface area contributed by atoms with E-state index in [1.54, 1.807) is 4.68 Å². The van der Waals surface area contributed by atoms with Crippen LogP contribution in [0.15, 0.2) is 29.2 Å². The second-order valence-corrected chi connectivity index (χ2v) is 6.91. The summed E-state index contributed by atoms with van der Waals surface area (Å²) in [6.07, 6.45) is 0. The number of methoxy groups -OCH3 is 1. The van der Waals surface area contributed by atoms with Crippen molar-refractivity contribution in [3.8, 4) is 5.75 Å². The molecule has 0 aliphatic carbocycles. The molecule has 0 saturated carbocycles. The van der Waals surface area contributed by atoms with E-state index in [4.69, 9.17) is 10.5 Å². The quantitative estimate of drug-likeness (QED) is 0.764. The van der Waals surface area contributed by atoms with Gasteiger partial charge in [0, 0.05) is 6.54 Å². The number of nitrogens with two attached hydrogens (primary N) is 1. The molecule has 0 spiro atoms. The fraction of sp³-hybridized carbons (Fsp3) is 0.333. The Hall–Kier alpha value is -2.39. The van der Waals surface area contributed by atoms with Crippen molar-refractivity contribution in [2.75, 3.05) is 7.11 Å². The maximum absolute atomic E-state index is 12.5. The van der Waals surface area contributed by atoms with Gasteiger partial charge in [-0.25, -0.2) is 13.1 Å². The maximum atomic E-state index is 12.5. The number of primary amides is 1. The Bertz CT molecular complexity index is 858. The molecule has 0 unspecified atom stereocenters. The summed E-state index contributed by atoms with van der Waals surface area (Å²) in [5.74, 6) is -0.537. The summed E-state index contributed by atoms with van der Waals surface area (Å²) in [6, 6.07) is 5.77. The molecule has 1 aromatic carbocycles. The van der Waals surface area contributed by atoms with Gasteiger partial charge < -0.3 is 10.5 Å². The Labute approximate surface area is 140 Å². The van der Waals surface area contributed by atoms with Crippen LogP contribution in [0.2, 0.25) is 0 Å². The molecule has 130 valence electrons. The zero-order valence-corrected chi connectivity index (χ0v) is 14.6. The number of aryl methyl sites for hydroxylation is 2. The van der Waals surface area contributed by atoms with Crippen LogP contribution >= 0.6 is 0 Å². The molecule has 0 bridgehead atoms. The summed E-state index contributed by atoms with van der Waals surface area (Å²) in [5.41, 5.74) is 6.83. The number of sulfonamides is 1. The van der Waals surface area contributed by atoms with E-state index in [1.807, 2.05) is 19.9 Å². The molecular formula is C15H20N4O4S. The number of ether oxygens (including phenoxy) is 1. The summed E-state index contributed by atoms with van der Waals surface area (Å²) >= 11 is 0. The normalized spacial score (nSPS) is 11.5. The van der Waals surface area contributed by atoms with Gasteiger partial charge >= 0.3 is 0 Å². The van der Waals surface area contributed by atoms with Gasteiger partial charge in [0.15, 0.2) is 0 Å². The second kappa shape index (κ2) is 7.02. The predicted octanol–water partition coefficient (Wildman–Crippen LogP) is 0.797. The molecule has 0 aliphatic heterocycles. The highest BCUT2D eigenvalue weighted by atomic mass is 32.2. The van der Waals surface area contributed by atoms with E-state index in [9.17, 15) is 13.2 Å². The predicted molar refractivity (Wildman–Crippen MR) is 88.2 cm³/mol. The van der Waals surface area contributed by atoms with Crippen LogP contribution in [0, 0.1) is 6.92 Å². The molecule has 0 radical (unpaired) electrons. The summed E-state index contributed by atoms with van der Waals surface area (Å²) in [4.78, 5) is 11.4. The molecule has 8 nitrogen and oxygen atoms in total. The van der Waals surface area contributed by atoms with Crippen molar-refractivity contribution in [3.05, 3.63) is 41.2 Å². The lowest BCUT2D eigenvalue weighted by atomic mass is 10.2. The smallest absolute Gasteiger partial charge is 0.252 e. The Morgan fingerprint density at radius 1 is 1.38 bits per heavy atom. The Kier molecular flexibility index (Phi) is 5.25. The van der Waals surface area contributed by atoms with Crippen molar-refractivity contribution >= 4 is 15.9 Å². The van der Waals surface area contributed by atoms with Gasteiger partial charge in [-0.2, -0.15) is 5.10 Å². The fourth-order valence-electron chi connectivity index (χ4n) is 2.31. The van der Waals surface area contributed by atoms with E-state index in [2.05, 4.69) is 9.82 Å². The monoisotopic (exact) mass is 352 g/mol. The molecule has 2 aromatic rings. The first-order valence-corrected chi connectivity index (χ1v) is 8.77. The highest BCUT2D eigenvalue weighted by Crippen LogP contribution is 2.22. The number of benzene rings is 1. The molecule has 0 aliphatic rings. The Morgan fingerprint density at radius 2 is 2.08 bits per heavy atom. The number of nitrogens with one attached hydrogen (secondary N) is 1. The number of nitrogens with zero attached hydrogens (tertiary/aromatic N) is 2. The first-order chi connectivity index (χ1) is 11.3. The Morgan fingerprint density at radius 3 is 2.67 bits per heavy atom. The van der Waals surface area contributed by atoms with Crippen molar-refractivity contribution in [3.63, 3.8) is 0 Å². The minimum atomic E-state index is -3.81. The fourth-order valence-corrected chi connectivity index (χ4v) is 3.34. The number of rotatable bonds is 7. The average Bonchev–Trinajstić information content (AvgIpc) is 2.92. The minimum Gasteiger partial charge on any atom is -0.496 e. The summed E-state index contributed by atoms with van der Waals surface area (Å²) in [6.45, 7) is 4.49. The molecule has 1 heterocycles. The molecule has 1 amide bonds. The lowest BCUT2D eigenvalue weighted by molar-refractivity contribution is 0.0997. The van der Waals surface area contributed by atoms with Crippen LogP contribution in [0.3, 0.4) is 0 Å². The second-order valence-electron chi connectivity index (χ2n) is 5.14. The van der Waals surface area contributed by atoms with Gasteiger partial charge in [0.25, 0.3) is 5.91 Å². The van der Waals surface area contributed by atoms with Crippen molar-refractivity contribution in [2.24, 2.45) is 5.73 Å². The van der Waals surface area contributed by atoms with Crippen LogP contribution in [0.4, 0.5) is 0 Å². The van der Waals surface area contributed by atoms with Gasteiger partial charge in [0.2, 0.25) is 10.0 Å². The largest absolute Gasteiger partial charge is 0.496 e. The molecule has 0 saturated heterocycles. The van der Waals surface area contributed by atoms with Crippen molar-refractivity contribution in [1.29, 1.82) is 0 Å². The molecule has 0 atom stereocenters. The van der Waals surface area contributed by atoms with Crippen molar-refractivity contribution < 1.29 is 17.9 Å². The molecule has 9 heteroatoms. The van der Waals surface area contributed by atoms with Gasteiger partial charge in [-0.05, 0) is 38.1 Å². The minimum absolute atomic E-state index is 0.00909. The van der Waals surface area contributed by atoms with Gasteiger partial charge in [0.05, 0.1) is 35.5 Å². The van der Waals surface area contributed by atoms with Crippen LogP contribution in [0.25, 0.3) is 0 Å². The third-order valence-corrected chi connectivity index (χ3v) is 4.87. The zero-order valence-electron chi connectivity index (χ0n) is 13.7. The van der Waals surface area contributed by atoms with E-state index in [0.29, 0.717) is 6.54 Å². The highest BCUT2D eigenvalue weighted by molar-refractivity contribution is 7.89. The Balaban J connectivity index is 2.27. The van der Waals surface area contributed by atoms with Crippen molar-refractivity contribution in [2.45, 2.75) is 31.8 Å². The number of hydrogen-bond acceptors (Lipinski definition) is 5. The van der Waals surface area contributed by atoms with E-state index in [0.717, 1.165) is 11.4 Å². The van der Waals surface area contributed by atoms with E-state index < -0.39 is 15.9 Å². The van der Waals surface area contributed by atoms with Gasteiger partial charge in [-0.15, -0.1) is 0 Å². The molecule has 1 aromatic heterocycles. The SMILES string of the molecule is CCn1nc(C)cc1CNS(=O)(=O)c1ccc(OC)c(C(N)=O)c1. The van der Waals surface area contributed by atoms with E-state index >= 15 is 0 Å². The van der Waals surface area contributed by atoms with Crippen LogP contribution in [0.1, 0.15) is 28.7 Å². The van der Waals surface area contributed by atoms with Crippen LogP contribution in [-0.2, 0) is 23.1 Å². The molecular weight excluding hydrogens is 332 g/mol. The lowest BCUT2D eigenvalue weighted by Crippen LogP contribution is -2.25. The molecule has 0 fully saturated rings. The van der Waals surface area contributed by atoms with Gasteiger partial charge in [-0.3, -0.25) is 9.48 Å². The van der Waals surface area contributed by atoms with Crippen molar-refractivity contribution in [1.82, 2.24) is 14.5 Å². The molecule has 24 heavy (non-hydrogen) atoms. The first-order valence-electron chi connectivity index (χ1n) is 7.29. The van der Waals surface area contributed by atoms with Crippen LogP contribution in [0.5, 0.6) is 5.75 Å². The number of aromatic nitrogens is 2. The number of carbonyl (C=O) groups is 1. The summed E-state index contributed by atoms with van der Waals surface area (Å²) < 4.78 is 34.1. The van der Waals surface area contributed by atoms with Crippen LogP contribution < -0.4 is 15.2 Å². The van der Waals surface area contributed by atoms with Gasteiger partial charge in [-0.1, -0.05) is 0 Å². The number of amides is 1. The average molecular weight is 352 g/mol.